The number of amides is 1. The topological polar surface area (TPSA) is 37.4 Å². The Kier molecular flexibility index (Phi) is 7.01. The maximum absolute atomic E-state index is 14.0. The number of Topliss-reactive ketones (excluding diaryl/α,β-unsaturated/α-hetero) is 1. The van der Waals surface area contributed by atoms with E-state index in [0.29, 0.717) is 15.8 Å². The lowest BCUT2D eigenvalue weighted by Crippen LogP contribution is -2.42. The molecule has 164 valence electrons. The number of rotatable bonds is 7. The number of hydrogen-bond donors (Lipinski definition) is 0. The molecule has 0 spiro atoms. The van der Waals surface area contributed by atoms with Crippen LogP contribution in [0.15, 0.2) is 18.2 Å². The lowest BCUT2D eigenvalue weighted by Gasteiger charge is -2.31. The van der Waals surface area contributed by atoms with Crippen LogP contribution in [-0.4, -0.2) is 28.7 Å². The highest BCUT2D eigenvalue weighted by Gasteiger charge is 2.37. The Morgan fingerprint density at radius 2 is 1.70 bits per heavy atom. The van der Waals surface area contributed by atoms with Gasteiger partial charge in [-0.2, -0.15) is 0 Å². The van der Waals surface area contributed by atoms with E-state index in [2.05, 4.69) is 18.7 Å². The summed E-state index contributed by atoms with van der Waals surface area (Å²) < 4.78 is 14.9. The van der Waals surface area contributed by atoms with Crippen molar-refractivity contribution in [2.75, 3.05) is 0 Å². The molecule has 2 aromatic rings. The minimum Gasteiger partial charge on any atom is -0.336 e. The highest BCUT2D eigenvalue weighted by atomic mass is 32.1. The van der Waals surface area contributed by atoms with E-state index < -0.39 is 5.41 Å². The monoisotopic (exact) mass is 431 g/mol. The molecule has 0 aliphatic carbocycles. The first-order valence-corrected chi connectivity index (χ1v) is 12.1. The number of carbonyl (C=O) groups excluding carboxylic acids is 2. The molecule has 5 heteroatoms. The number of hydrogen-bond acceptors (Lipinski definition) is 3. The SMILES string of the molecule is CCC[C@H]1CC[C@H](CCC)N1C(=O)Cc1c(C(=O)C(C)(C)C)sc2ccc(F)cc12. The van der Waals surface area contributed by atoms with Crippen molar-refractivity contribution in [1.29, 1.82) is 0 Å². The van der Waals surface area contributed by atoms with Crippen molar-refractivity contribution in [2.24, 2.45) is 5.41 Å². The molecular weight excluding hydrogens is 397 g/mol. The summed E-state index contributed by atoms with van der Waals surface area (Å²) in [6.45, 7) is 9.99. The van der Waals surface area contributed by atoms with Crippen LogP contribution in [0.5, 0.6) is 0 Å². The molecule has 0 saturated carbocycles. The second-order valence-corrected chi connectivity index (χ2v) is 10.6. The van der Waals surface area contributed by atoms with Crippen molar-refractivity contribution in [3.63, 3.8) is 0 Å². The Hall–Kier alpha value is -1.75. The van der Waals surface area contributed by atoms with Crippen molar-refractivity contribution >= 4 is 33.1 Å². The second kappa shape index (κ2) is 9.17. The number of halogens is 1. The number of likely N-dealkylation sites (tertiary alicyclic amines) is 1. The first-order valence-electron chi connectivity index (χ1n) is 11.2. The van der Waals surface area contributed by atoms with Crippen LogP contribution < -0.4 is 0 Å². The number of fused-ring (bicyclic) bond motifs is 1. The van der Waals surface area contributed by atoms with Gasteiger partial charge in [-0.3, -0.25) is 9.59 Å². The van der Waals surface area contributed by atoms with Crippen LogP contribution in [-0.2, 0) is 11.2 Å². The van der Waals surface area contributed by atoms with E-state index in [4.69, 9.17) is 0 Å². The molecule has 1 fully saturated rings. The van der Waals surface area contributed by atoms with E-state index in [9.17, 15) is 14.0 Å². The number of benzene rings is 1. The zero-order chi connectivity index (χ0) is 22.1. The van der Waals surface area contributed by atoms with Gasteiger partial charge in [-0.25, -0.2) is 4.39 Å². The minimum atomic E-state index is -0.555. The number of thiophene rings is 1. The largest absolute Gasteiger partial charge is 0.336 e. The van der Waals surface area contributed by atoms with Crippen LogP contribution in [0.2, 0.25) is 0 Å². The van der Waals surface area contributed by atoms with Gasteiger partial charge in [0.05, 0.1) is 11.3 Å². The Morgan fingerprint density at radius 3 is 2.23 bits per heavy atom. The van der Waals surface area contributed by atoms with Crippen molar-refractivity contribution in [1.82, 2.24) is 4.90 Å². The van der Waals surface area contributed by atoms with Gasteiger partial charge in [-0.05, 0) is 54.8 Å². The van der Waals surface area contributed by atoms with Gasteiger partial charge >= 0.3 is 0 Å². The first-order chi connectivity index (χ1) is 14.2. The summed E-state index contributed by atoms with van der Waals surface area (Å²) in [5, 5.41) is 0.708. The fourth-order valence-electron chi connectivity index (χ4n) is 4.66. The van der Waals surface area contributed by atoms with E-state index in [1.54, 1.807) is 6.07 Å². The molecule has 1 amide bonds. The first kappa shape index (κ1) is 22.9. The lowest BCUT2D eigenvalue weighted by molar-refractivity contribution is -0.133. The number of ketones is 1. The smallest absolute Gasteiger partial charge is 0.227 e. The molecule has 1 aromatic heterocycles. The fraction of sp³-hybridized carbons (Fsp3) is 0.600. The maximum atomic E-state index is 14.0. The Labute approximate surface area is 183 Å². The third-order valence-corrected chi connectivity index (χ3v) is 7.33. The van der Waals surface area contributed by atoms with E-state index in [0.717, 1.165) is 43.2 Å². The molecule has 0 radical (unpaired) electrons. The molecule has 1 saturated heterocycles. The van der Waals surface area contributed by atoms with Crippen LogP contribution >= 0.6 is 11.3 Å². The highest BCUT2D eigenvalue weighted by Crippen LogP contribution is 2.38. The normalized spacial score (nSPS) is 19.6. The van der Waals surface area contributed by atoms with Crippen LogP contribution in [0.25, 0.3) is 10.1 Å². The van der Waals surface area contributed by atoms with Crippen molar-refractivity contribution in [2.45, 2.75) is 91.6 Å². The molecular formula is C25H34FNO2S. The molecule has 1 aliphatic rings. The predicted molar refractivity (Wildman–Crippen MR) is 123 cm³/mol. The second-order valence-electron chi connectivity index (χ2n) is 9.57. The van der Waals surface area contributed by atoms with Gasteiger partial charge in [-0.1, -0.05) is 47.5 Å². The Morgan fingerprint density at radius 1 is 1.10 bits per heavy atom. The molecule has 2 atom stereocenters. The number of carbonyl (C=O) groups is 2. The average molecular weight is 432 g/mol. The van der Waals surface area contributed by atoms with E-state index >= 15 is 0 Å². The van der Waals surface area contributed by atoms with Gasteiger partial charge < -0.3 is 4.90 Å². The fourth-order valence-corrected chi connectivity index (χ4v) is 6.02. The zero-order valence-electron chi connectivity index (χ0n) is 18.9. The highest BCUT2D eigenvalue weighted by molar-refractivity contribution is 7.21. The molecule has 3 rings (SSSR count). The summed E-state index contributed by atoms with van der Waals surface area (Å²) in [5.41, 5.74) is 0.150. The molecule has 3 nitrogen and oxygen atoms in total. The van der Waals surface area contributed by atoms with Crippen molar-refractivity contribution in [3.8, 4) is 0 Å². The van der Waals surface area contributed by atoms with Crippen LogP contribution in [0.4, 0.5) is 4.39 Å². The Bertz CT molecular complexity index is 913. The van der Waals surface area contributed by atoms with Crippen molar-refractivity contribution in [3.05, 3.63) is 34.5 Å². The van der Waals surface area contributed by atoms with Gasteiger partial charge in [0.25, 0.3) is 0 Å². The van der Waals surface area contributed by atoms with E-state index in [1.165, 1.54) is 23.5 Å². The summed E-state index contributed by atoms with van der Waals surface area (Å²) >= 11 is 1.39. The standard InChI is InChI=1S/C25H34FNO2S/c1-6-8-17-11-12-18(9-7-2)27(17)22(28)15-20-19-14-16(26)10-13-21(19)30-23(20)24(29)25(3,4)5/h10,13-14,17-18H,6-9,11-12,15H2,1-5H3/t17-,18-/m0/s1. The molecule has 0 unspecified atom stereocenters. The van der Waals surface area contributed by atoms with Gasteiger partial charge in [0.15, 0.2) is 5.78 Å². The molecule has 0 bridgehead atoms. The van der Waals surface area contributed by atoms with Gasteiger partial charge in [0.2, 0.25) is 5.91 Å². The predicted octanol–water partition coefficient (Wildman–Crippen LogP) is 6.77. The van der Waals surface area contributed by atoms with Crippen LogP contribution in [0, 0.1) is 11.2 Å². The maximum Gasteiger partial charge on any atom is 0.227 e. The molecule has 0 N–H and O–H groups in total. The number of nitrogens with zero attached hydrogens (tertiary/aromatic N) is 1. The molecule has 1 aliphatic heterocycles. The van der Waals surface area contributed by atoms with Crippen LogP contribution in [0.1, 0.15) is 88.4 Å². The Balaban J connectivity index is 2.01. The average Bonchev–Trinajstić information content (AvgIpc) is 3.22. The van der Waals surface area contributed by atoms with E-state index in [1.807, 2.05) is 20.8 Å². The minimum absolute atomic E-state index is 0.0172. The summed E-state index contributed by atoms with van der Waals surface area (Å²) in [4.78, 5) is 29.4. The van der Waals surface area contributed by atoms with Gasteiger partial charge in [0, 0.05) is 22.2 Å². The molecule has 30 heavy (non-hydrogen) atoms. The quantitative estimate of drug-likeness (QED) is 0.454. The van der Waals surface area contributed by atoms with Gasteiger partial charge in [-0.15, -0.1) is 11.3 Å². The summed E-state index contributed by atoms with van der Waals surface area (Å²) in [5.74, 6) is -0.238. The third-order valence-electron chi connectivity index (χ3n) is 6.12. The zero-order valence-corrected chi connectivity index (χ0v) is 19.7. The molecule has 2 heterocycles. The summed E-state index contributed by atoms with van der Waals surface area (Å²) in [6.07, 6.45) is 6.40. The molecule has 1 aromatic carbocycles. The van der Waals surface area contributed by atoms with Crippen LogP contribution in [0.3, 0.4) is 0 Å². The van der Waals surface area contributed by atoms with Gasteiger partial charge in [0.1, 0.15) is 5.82 Å². The lowest BCUT2D eigenvalue weighted by atomic mass is 9.88. The van der Waals surface area contributed by atoms with E-state index in [-0.39, 0.29) is 36.0 Å². The summed E-state index contributed by atoms with van der Waals surface area (Å²) in [6, 6.07) is 5.18. The third kappa shape index (κ3) is 4.61. The van der Waals surface area contributed by atoms with Crippen molar-refractivity contribution < 1.29 is 14.0 Å². The summed E-state index contributed by atoms with van der Waals surface area (Å²) in [7, 11) is 0.